The number of piperidine rings is 1. The standard InChI is InChI=1S/C20H23N5O2/c1-14-21-19(24-23-14)15-4-6-17(7-5-15)22-20(26)16-8-10-25(11-9-16)13-18-3-2-12-27-18/h2-7,12,16H,8-11,13H2,1H3,(H,22,26)(H,21,23,24). The molecule has 3 heterocycles. The summed E-state index contributed by atoms with van der Waals surface area (Å²) >= 11 is 0. The summed E-state index contributed by atoms with van der Waals surface area (Å²) in [6.45, 7) is 4.48. The van der Waals surface area contributed by atoms with Crippen LogP contribution in [-0.2, 0) is 11.3 Å². The highest BCUT2D eigenvalue weighted by Gasteiger charge is 2.25. The Morgan fingerprint density at radius 2 is 2.04 bits per heavy atom. The Bertz CT molecular complexity index is 878. The highest BCUT2D eigenvalue weighted by molar-refractivity contribution is 5.92. The minimum Gasteiger partial charge on any atom is -0.468 e. The number of aromatic amines is 1. The summed E-state index contributed by atoms with van der Waals surface area (Å²) in [6, 6.07) is 11.5. The fourth-order valence-corrected chi connectivity index (χ4v) is 3.39. The van der Waals surface area contributed by atoms with Crippen LogP contribution in [0.5, 0.6) is 0 Å². The van der Waals surface area contributed by atoms with E-state index in [-0.39, 0.29) is 11.8 Å². The molecule has 0 unspecified atom stereocenters. The predicted molar refractivity (Wildman–Crippen MR) is 102 cm³/mol. The van der Waals surface area contributed by atoms with Crippen LogP contribution in [0, 0.1) is 12.8 Å². The molecule has 2 aromatic heterocycles. The predicted octanol–water partition coefficient (Wildman–Crippen LogP) is 3.22. The van der Waals surface area contributed by atoms with E-state index in [9.17, 15) is 4.79 Å². The van der Waals surface area contributed by atoms with Gasteiger partial charge in [0.05, 0.1) is 12.8 Å². The number of aromatic nitrogens is 3. The quantitative estimate of drug-likeness (QED) is 0.725. The van der Waals surface area contributed by atoms with E-state index in [0.717, 1.165) is 55.3 Å². The first-order valence-corrected chi connectivity index (χ1v) is 9.22. The third-order valence-electron chi connectivity index (χ3n) is 4.93. The van der Waals surface area contributed by atoms with Crippen molar-refractivity contribution < 1.29 is 9.21 Å². The number of nitrogens with zero attached hydrogens (tertiary/aromatic N) is 3. The molecule has 27 heavy (non-hydrogen) atoms. The molecule has 3 aromatic rings. The van der Waals surface area contributed by atoms with E-state index in [2.05, 4.69) is 25.4 Å². The van der Waals surface area contributed by atoms with Gasteiger partial charge in [-0.3, -0.25) is 14.8 Å². The molecule has 0 spiro atoms. The Hall–Kier alpha value is -2.93. The van der Waals surface area contributed by atoms with Crippen LogP contribution in [-0.4, -0.2) is 39.1 Å². The maximum atomic E-state index is 12.6. The van der Waals surface area contributed by atoms with Gasteiger partial charge in [0.15, 0.2) is 5.82 Å². The van der Waals surface area contributed by atoms with E-state index < -0.39 is 0 Å². The van der Waals surface area contributed by atoms with Crippen molar-refractivity contribution in [3.8, 4) is 11.4 Å². The number of benzene rings is 1. The number of carbonyl (C=O) groups excluding carboxylic acids is 1. The molecule has 1 fully saturated rings. The molecule has 140 valence electrons. The van der Waals surface area contributed by atoms with Gasteiger partial charge in [-0.15, -0.1) is 0 Å². The zero-order chi connectivity index (χ0) is 18.6. The van der Waals surface area contributed by atoms with E-state index in [0.29, 0.717) is 5.82 Å². The first kappa shape index (κ1) is 17.5. The van der Waals surface area contributed by atoms with Crippen LogP contribution in [0.3, 0.4) is 0 Å². The topological polar surface area (TPSA) is 87.1 Å². The number of likely N-dealkylation sites (tertiary alicyclic amines) is 1. The molecule has 0 atom stereocenters. The van der Waals surface area contributed by atoms with Crippen LogP contribution in [0.2, 0.25) is 0 Å². The molecule has 4 rings (SSSR count). The summed E-state index contributed by atoms with van der Waals surface area (Å²) in [5.74, 6) is 2.55. The highest BCUT2D eigenvalue weighted by Crippen LogP contribution is 2.22. The summed E-state index contributed by atoms with van der Waals surface area (Å²) in [6.07, 6.45) is 3.42. The molecule has 1 amide bonds. The molecule has 1 aromatic carbocycles. The number of hydrogen-bond donors (Lipinski definition) is 2. The number of furan rings is 1. The van der Waals surface area contributed by atoms with Gasteiger partial charge in [0, 0.05) is 17.2 Å². The Morgan fingerprint density at radius 1 is 1.26 bits per heavy atom. The number of H-pyrrole nitrogens is 1. The molecule has 1 aliphatic heterocycles. The molecule has 7 nitrogen and oxygen atoms in total. The number of hydrogen-bond acceptors (Lipinski definition) is 5. The van der Waals surface area contributed by atoms with Gasteiger partial charge in [-0.05, 0) is 69.3 Å². The van der Waals surface area contributed by atoms with Crippen LogP contribution in [0.4, 0.5) is 5.69 Å². The average molecular weight is 365 g/mol. The zero-order valence-electron chi connectivity index (χ0n) is 15.3. The number of amides is 1. The lowest BCUT2D eigenvalue weighted by Gasteiger charge is -2.30. The number of carbonyl (C=O) groups is 1. The molecule has 0 bridgehead atoms. The van der Waals surface area contributed by atoms with Gasteiger partial charge < -0.3 is 9.73 Å². The second kappa shape index (κ2) is 7.75. The summed E-state index contributed by atoms with van der Waals surface area (Å²) in [4.78, 5) is 19.2. The Balaban J connectivity index is 1.29. The fourth-order valence-electron chi connectivity index (χ4n) is 3.39. The summed E-state index contributed by atoms with van der Waals surface area (Å²) < 4.78 is 5.40. The summed E-state index contributed by atoms with van der Waals surface area (Å²) in [5, 5.41) is 10.0. The van der Waals surface area contributed by atoms with Gasteiger partial charge in [-0.25, -0.2) is 4.98 Å². The van der Waals surface area contributed by atoms with E-state index >= 15 is 0 Å². The van der Waals surface area contributed by atoms with Crippen LogP contribution in [0.15, 0.2) is 47.1 Å². The van der Waals surface area contributed by atoms with Crippen molar-refractivity contribution in [3.05, 3.63) is 54.2 Å². The minimum atomic E-state index is 0.0492. The first-order chi connectivity index (χ1) is 13.2. The van der Waals surface area contributed by atoms with Gasteiger partial charge in [0.25, 0.3) is 0 Å². The van der Waals surface area contributed by atoms with Crippen LogP contribution in [0.25, 0.3) is 11.4 Å². The summed E-state index contributed by atoms with van der Waals surface area (Å²) in [5.41, 5.74) is 1.72. The lowest BCUT2D eigenvalue weighted by atomic mass is 9.95. The SMILES string of the molecule is Cc1nc(-c2ccc(NC(=O)C3CCN(Cc4ccco4)CC3)cc2)n[nH]1. The smallest absolute Gasteiger partial charge is 0.227 e. The number of anilines is 1. The van der Waals surface area contributed by atoms with Crippen LogP contribution < -0.4 is 5.32 Å². The van der Waals surface area contributed by atoms with Crippen molar-refractivity contribution in [1.29, 1.82) is 0 Å². The zero-order valence-corrected chi connectivity index (χ0v) is 15.3. The molecular weight excluding hydrogens is 342 g/mol. The largest absolute Gasteiger partial charge is 0.468 e. The van der Waals surface area contributed by atoms with Crippen molar-refractivity contribution >= 4 is 11.6 Å². The van der Waals surface area contributed by atoms with E-state index in [1.54, 1.807) is 6.26 Å². The minimum absolute atomic E-state index is 0.0492. The number of nitrogens with one attached hydrogen (secondary N) is 2. The molecule has 0 radical (unpaired) electrons. The molecule has 1 saturated heterocycles. The normalized spacial score (nSPS) is 15.7. The monoisotopic (exact) mass is 365 g/mol. The lowest BCUT2D eigenvalue weighted by molar-refractivity contribution is -0.121. The van der Waals surface area contributed by atoms with Crippen molar-refractivity contribution in [2.24, 2.45) is 5.92 Å². The molecule has 1 aliphatic rings. The van der Waals surface area contributed by atoms with Gasteiger partial charge in [-0.2, -0.15) is 5.10 Å². The maximum Gasteiger partial charge on any atom is 0.227 e. The molecule has 0 aliphatic carbocycles. The average Bonchev–Trinajstić information content (AvgIpc) is 3.35. The van der Waals surface area contributed by atoms with Crippen molar-refractivity contribution in [3.63, 3.8) is 0 Å². The van der Waals surface area contributed by atoms with E-state index in [1.165, 1.54) is 0 Å². The van der Waals surface area contributed by atoms with Crippen molar-refractivity contribution in [1.82, 2.24) is 20.1 Å². The highest BCUT2D eigenvalue weighted by atomic mass is 16.3. The van der Waals surface area contributed by atoms with Gasteiger partial charge >= 0.3 is 0 Å². The third kappa shape index (κ3) is 4.25. The Morgan fingerprint density at radius 3 is 2.67 bits per heavy atom. The van der Waals surface area contributed by atoms with Crippen molar-refractivity contribution in [2.45, 2.75) is 26.3 Å². The van der Waals surface area contributed by atoms with E-state index in [1.807, 2.05) is 43.3 Å². The molecule has 7 heteroatoms. The Labute approximate surface area is 157 Å². The molecule has 2 N–H and O–H groups in total. The molecule has 0 saturated carbocycles. The maximum absolute atomic E-state index is 12.6. The van der Waals surface area contributed by atoms with Gasteiger partial charge in [0.1, 0.15) is 11.6 Å². The molecular formula is C20H23N5O2. The van der Waals surface area contributed by atoms with Gasteiger partial charge in [-0.1, -0.05) is 0 Å². The third-order valence-corrected chi connectivity index (χ3v) is 4.93. The fraction of sp³-hybridized carbons (Fsp3) is 0.350. The number of aryl methyl sites for hydroxylation is 1. The van der Waals surface area contributed by atoms with Gasteiger partial charge in [0.2, 0.25) is 5.91 Å². The second-order valence-corrected chi connectivity index (χ2v) is 6.94. The lowest BCUT2D eigenvalue weighted by Crippen LogP contribution is -2.37. The van der Waals surface area contributed by atoms with Crippen LogP contribution in [0.1, 0.15) is 24.4 Å². The van der Waals surface area contributed by atoms with E-state index in [4.69, 9.17) is 4.42 Å². The first-order valence-electron chi connectivity index (χ1n) is 9.22. The van der Waals surface area contributed by atoms with Crippen molar-refractivity contribution in [2.75, 3.05) is 18.4 Å². The Kier molecular flexibility index (Phi) is 5.02. The van der Waals surface area contributed by atoms with Crippen LogP contribution >= 0.6 is 0 Å². The number of rotatable bonds is 5. The summed E-state index contributed by atoms with van der Waals surface area (Å²) in [7, 11) is 0. The second-order valence-electron chi connectivity index (χ2n) is 6.94.